The Balaban J connectivity index is -0.00000000363. The fraction of sp³-hybridized carbons (Fsp3) is 0.600. The van der Waals surface area contributed by atoms with Crippen molar-refractivity contribution in [1.29, 1.82) is 0 Å². The van der Waals surface area contributed by atoms with Gasteiger partial charge in [0.1, 0.15) is 0 Å². The van der Waals surface area contributed by atoms with Crippen LogP contribution in [0.2, 0.25) is 6.82 Å². The molecule has 0 unspecified atom stereocenters. The molecule has 0 aromatic heterocycles. The summed E-state index contributed by atoms with van der Waals surface area (Å²) in [5.74, 6) is 0. The molecule has 0 heterocycles. The van der Waals surface area contributed by atoms with Crippen molar-refractivity contribution >= 4 is 37.6 Å². The first-order valence-electron chi connectivity index (χ1n) is 2.61. The van der Waals surface area contributed by atoms with Gasteiger partial charge in [-0.25, -0.2) is 10.1 Å². The van der Waals surface area contributed by atoms with Gasteiger partial charge in [0, 0.05) is 16.8 Å². The molecule has 0 saturated carbocycles. The Morgan fingerprint density at radius 2 is 1.00 bits per heavy atom. The van der Waals surface area contributed by atoms with Gasteiger partial charge in [0.05, 0.1) is 15.0 Å². The van der Waals surface area contributed by atoms with Crippen molar-refractivity contribution in [2.24, 2.45) is 0 Å². The zero-order valence-corrected chi connectivity index (χ0v) is 21.6. The molecule has 0 aliphatic heterocycles. The second-order valence-electron chi connectivity index (χ2n) is 0.626. The van der Waals surface area contributed by atoms with Crippen LogP contribution in [0.3, 0.4) is 0 Å². The van der Waals surface area contributed by atoms with E-state index in [1.807, 2.05) is 0 Å². The van der Waals surface area contributed by atoms with Crippen LogP contribution in [0.25, 0.3) is 0 Å². The van der Waals surface area contributed by atoms with Crippen molar-refractivity contribution in [3.05, 3.63) is 0 Å². The van der Waals surface area contributed by atoms with Crippen molar-refractivity contribution in [3.63, 3.8) is 0 Å². The Bertz CT molecular complexity index is 104. The summed E-state index contributed by atoms with van der Waals surface area (Å²) >= 11 is 0. The molecule has 23 heavy (non-hydrogen) atoms. The molecule has 0 atom stereocenters. The van der Waals surface area contributed by atoms with Crippen molar-refractivity contribution in [1.82, 2.24) is 0 Å². The summed E-state index contributed by atoms with van der Waals surface area (Å²) in [5.41, 5.74) is 0. The molecule has 0 spiro atoms. The fourth-order valence-corrected chi connectivity index (χ4v) is 0. The molecular formula is C5H19B3Na4O11. The minimum absolute atomic E-state index is 0. The predicted octanol–water partition coefficient (Wildman–Crippen LogP) is -16.4. The quantitative estimate of drug-likeness (QED) is 0.214. The second kappa shape index (κ2) is 180. The van der Waals surface area contributed by atoms with Gasteiger partial charge in [-0.05, 0) is 0 Å². The fourth-order valence-electron chi connectivity index (χ4n) is 0. The third-order valence-electron chi connectivity index (χ3n) is 0.153. The standard InChI is InChI=1S/CH3B.CH4O3.2CH2O3.CH4.2B.4Na.2H2O.2H/c1-2;1-3-4-2;2*2-1-4-3;;;;;;;;;;;/h1H3;2H,1H3;2*1,3H;1H4;;;;;;;2*1H2;;/q;;;;;;;4*+1;;;2*-1/p-2. The summed E-state index contributed by atoms with van der Waals surface area (Å²) in [6.45, 7) is 1.14. The molecule has 11 nitrogen and oxygen atoms in total. The van der Waals surface area contributed by atoms with Crippen LogP contribution in [0.4, 0.5) is 0 Å². The van der Waals surface area contributed by atoms with Crippen LogP contribution in [-0.4, -0.2) is 60.9 Å². The summed E-state index contributed by atoms with van der Waals surface area (Å²) in [4.78, 5) is 26.1. The van der Waals surface area contributed by atoms with Crippen molar-refractivity contribution in [2.75, 3.05) is 7.11 Å². The smallest absolute Gasteiger partial charge is 1.00 e. The first-order chi connectivity index (χ1) is 6.74. The van der Waals surface area contributed by atoms with Gasteiger partial charge in [-0.1, -0.05) is 19.3 Å². The molecule has 5 N–H and O–H groups in total. The van der Waals surface area contributed by atoms with Crippen LogP contribution in [0, 0.1) is 0 Å². The van der Waals surface area contributed by atoms with Gasteiger partial charge >= 0.3 is 118 Å². The van der Waals surface area contributed by atoms with Gasteiger partial charge in [-0.3, -0.25) is 9.59 Å². The van der Waals surface area contributed by atoms with E-state index in [-0.39, 0.29) is 169 Å². The monoisotopic (exact) mass is 380 g/mol. The largest absolute Gasteiger partial charge is 1.00 e. The average Bonchev–Trinajstić information content (AvgIpc) is 2.31. The van der Waals surface area contributed by atoms with Gasteiger partial charge < -0.3 is 34.1 Å². The Hall–Kier alpha value is 2.85. The van der Waals surface area contributed by atoms with Crippen LogP contribution < -0.4 is 129 Å². The van der Waals surface area contributed by atoms with E-state index in [2.05, 4.69) is 27.5 Å². The third kappa shape index (κ3) is 379. The van der Waals surface area contributed by atoms with Gasteiger partial charge in [-0.2, -0.15) is 0 Å². The van der Waals surface area contributed by atoms with Crippen LogP contribution in [0.15, 0.2) is 0 Å². The Morgan fingerprint density at radius 1 is 0.913 bits per heavy atom. The minimum atomic E-state index is -0.181. The molecule has 0 fully saturated rings. The average molecular weight is 380 g/mol. The maximum Gasteiger partial charge on any atom is 1.00 e. The first kappa shape index (κ1) is 96.7. The Labute approximate surface area is 232 Å². The zero-order valence-electron chi connectivity index (χ0n) is 15.6. The van der Waals surface area contributed by atoms with E-state index in [1.165, 1.54) is 13.9 Å². The van der Waals surface area contributed by atoms with E-state index in [9.17, 15) is 0 Å². The molecule has 0 rings (SSSR count). The second-order valence-corrected chi connectivity index (χ2v) is 0.626. The number of carbonyl (C=O) groups excluding carboxylic acids is 2. The molecule has 8 radical (unpaired) electrons. The summed E-state index contributed by atoms with van der Waals surface area (Å²) in [6.07, 6.45) is 0. The number of hydrogen-bond donors (Lipinski definition) is 1. The summed E-state index contributed by atoms with van der Waals surface area (Å²) < 4.78 is 0. The Morgan fingerprint density at radius 3 is 1.00 bits per heavy atom. The van der Waals surface area contributed by atoms with Crippen molar-refractivity contribution in [3.8, 4) is 0 Å². The molecule has 0 bridgehead atoms. The van der Waals surface area contributed by atoms with Gasteiger partial charge in [0.2, 0.25) is 0 Å². The van der Waals surface area contributed by atoms with E-state index in [0.29, 0.717) is 0 Å². The molecule has 0 aliphatic carbocycles. The van der Waals surface area contributed by atoms with Gasteiger partial charge in [0.15, 0.2) is 0 Å². The topological polar surface area (TPSA) is 200 Å². The van der Waals surface area contributed by atoms with E-state index in [1.54, 1.807) is 0 Å². The maximum absolute atomic E-state index is 8.64. The molecule has 0 aliphatic rings. The molecule has 0 aromatic rings. The third-order valence-corrected chi connectivity index (χ3v) is 0.153. The van der Waals surface area contributed by atoms with Crippen LogP contribution in [0.1, 0.15) is 10.3 Å². The van der Waals surface area contributed by atoms with Crippen molar-refractivity contribution < 1.29 is 177 Å². The summed E-state index contributed by atoms with van der Waals surface area (Å²) in [6, 6.07) is 0. The normalized spacial score (nSPS) is 3.35. The SMILES string of the molecule is C.COOO.O.O.O=CO[O-].O=CO[O-].[B].[B].[B]C.[H-].[H-].[Na+].[Na+].[Na+].[Na+]. The summed E-state index contributed by atoms with van der Waals surface area (Å²) in [7, 11) is 5.71. The number of carbonyl (C=O) groups is 2. The van der Waals surface area contributed by atoms with E-state index >= 15 is 0 Å². The molecule has 0 saturated heterocycles. The molecule has 18 heteroatoms. The predicted molar refractivity (Wildman–Crippen MR) is 64.3 cm³/mol. The van der Waals surface area contributed by atoms with E-state index in [0.717, 1.165) is 0 Å². The van der Waals surface area contributed by atoms with Gasteiger partial charge in [-0.15, -0.1) is 0 Å². The summed E-state index contributed by atoms with van der Waals surface area (Å²) in [5, 5.41) is 27.1. The number of rotatable bonds is 3. The Kier molecular flexibility index (Phi) is 758. The van der Waals surface area contributed by atoms with E-state index in [4.69, 9.17) is 25.4 Å². The van der Waals surface area contributed by atoms with E-state index < -0.39 is 0 Å². The van der Waals surface area contributed by atoms with Crippen LogP contribution in [-0.2, 0) is 29.3 Å². The van der Waals surface area contributed by atoms with Gasteiger partial charge in [0.25, 0.3) is 12.9 Å². The molecule has 118 valence electrons. The van der Waals surface area contributed by atoms with Crippen molar-refractivity contribution in [2.45, 2.75) is 14.2 Å². The molecule has 0 amide bonds. The van der Waals surface area contributed by atoms with Crippen LogP contribution in [0.5, 0.6) is 0 Å². The number of hydrogen-bond acceptors (Lipinski definition) is 9. The molecular weight excluding hydrogens is 360 g/mol. The zero-order chi connectivity index (χ0) is 12.2. The maximum atomic E-state index is 8.64. The van der Waals surface area contributed by atoms with Crippen LogP contribution >= 0.6 is 0 Å². The first-order valence-corrected chi connectivity index (χ1v) is 2.61. The molecule has 0 aromatic carbocycles. The minimum Gasteiger partial charge on any atom is -1.00 e.